The van der Waals surface area contributed by atoms with Crippen LogP contribution in [0.4, 0.5) is 0 Å². The molecular weight excluding hydrogens is 376 g/mol. The van der Waals surface area contributed by atoms with Gasteiger partial charge in [0.05, 0.1) is 25.4 Å². The van der Waals surface area contributed by atoms with Crippen molar-refractivity contribution in [1.82, 2.24) is 0 Å². The van der Waals surface area contributed by atoms with Crippen LogP contribution in [-0.4, -0.2) is 25.6 Å². The lowest BCUT2D eigenvalue weighted by atomic mass is 9.99. The topological polar surface area (TPSA) is 44.8 Å². The normalized spacial score (nSPS) is 10.7. The van der Waals surface area contributed by atoms with E-state index in [1.54, 1.807) is 0 Å². The third kappa shape index (κ3) is 6.79. The van der Waals surface area contributed by atoms with Gasteiger partial charge in [0.1, 0.15) is 5.75 Å². The van der Waals surface area contributed by atoms with Crippen molar-refractivity contribution in [3.05, 3.63) is 53.1 Å². The van der Waals surface area contributed by atoms with Crippen LogP contribution in [0.5, 0.6) is 17.2 Å². The summed E-state index contributed by atoms with van der Waals surface area (Å²) in [6.07, 6.45) is 4.73. The summed E-state index contributed by atoms with van der Waals surface area (Å²) >= 11 is 0. The van der Waals surface area contributed by atoms with Crippen LogP contribution in [0.1, 0.15) is 74.9 Å². The quantitative estimate of drug-likeness (QED) is 0.335. The number of Topliss-reactive ketones (excluding diaryl/α,β-unsaturated/α-hetero) is 1. The van der Waals surface area contributed by atoms with Crippen molar-refractivity contribution >= 4 is 5.78 Å². The fourth-order valence-electron chi connectivity index (χ4n) is 3.20. The van der Waals surface area contributed by atoms with E-state index in [0.29, 0.717) is 49.7 Å². The second kappa shape index (κ2) is 12.9. The molecule has 0 radical (unpaired) electrons. The molecule has 2 aromatic carbocycles. The van der Waals surface area contributed by atoms with Crippen LogP contribution in [-0.2, 0) is 12.8 Å². The molecule has 2 rings (SSSR count). The summed E-state index contributed by atoms with van der Waals surface area (Å²) in [5.41, 5.74) is 2.94. The third-order valence-electron chi connectivity index (χ3n) is 4.81. The van der Waals surface area contributed by atoms with Gasteiger partial charge in [-0.25, -0.2) is 0 Å². The highest BCUT2D eigenvalue weighted by Gasteiger charge is 2.18. The summed E-state index contributed by atoms with van der Waals surface area (Å²) in [6.45, 7) is 10.2. The van der Waals surface area contributed by atoms with Gasteiger partial charge in [-0.05, 0) is 61.4 Å². The van der Waals surface area contributed by atoms with E-state index in [9.17, 15) is 4.79 Å². The Kier molecular flexibility index (Phi) is 10.3. The molecular formula is C26H36O4. The fourth-order valence-corrected chi connectivity index (χ4v) is 3.20. The number of ether oxygens (including phenoxy) is 3. The van der Waals surface area contributed by atoms with Crippen LogP contribution in [0.15, 0.2) is 36.4 Å². The molecule has 0 unspecified atom stereocenters. The number of para-hydroxylation sites is 1. The van der Waals surface area contributed by atoms with Crippen LogP contribution in [0.25, 0.3) is 0 Å². The molecule has 0 amide bonds. The maximum absolute atomic E-state index is 13.1. The van der Waals surface area contributed by atoms with Crippen molar-refractivity contribution in [1.29, 1.82) is 0 Å². The molecule has 0 heterocycles. The molecule has 30 heavy (non-hydrogen) atoms. The van der Waals surface area contributed by atoms with Gasteiger partial charge in [0, 0.05) is 6.42 Å². The number of rotatable bonds is 14. The molecule has 4 nitrogen and oxygen atoms in total. The number of carbonyl (C=O) groups excluding carboxylic acids is 1. The van der Waals surface area contributed by atoms with Crippen LogP contribution in [0, 0.1) is 0 Å². The zero-order chi connectivity index (χ0) is 21.8. The Labute approximate surface area is 181 Å². The molecule has 0 aliphatic heterocycles. The molecule has 0 aliphatic carbocycles. The average Bonchev–Trinajstić information content (AvgIpc) is 2.78. The van der Waals surface area contributed by atoms with Crippen molar-refractivity contribution in [3.63, 3.8) is 0 Å². The predicted molar refractivity (Wildman–Crippen MR) is 122 cm³/mol. The molecule has 0 saturated heterocycles. The second-order valence-corrected chi connectivity index (χ2v) is 7.40. The molecule has 0 fully saturated rings. The summed E-state index contributed by atoms with van der Waals surface area (Å²) < 4.78 is 17.7. The predicted octanol–water partition coefficient (Wildman–Crippen LogP) is 6.43. The maximum Gasteiger partial charge on any atom is 0.171 e. The molecule has 0 bridgehead atoms. The number of benzene rings is 2. The minimum absolute atomic E-state index is 0.0615. The number of carbonyl (C=O) groups is 1. The minimum atomic E-state index is 0.0615. The Morgan fingerprint density at radius 2 is 1.47 bits per heavy atom. The van der Waals surface area contributed by atoms with Gasteiger partial charge in [-0.1, -0.05) is 45.9 Å². The van der Waals surface area contributed by atoms with Crippen LogP contribution >= 0.6 is 0 Å². The third-order valence-corrected chi connectivity index (χ3v) is 4.81. The molecule has 0 atom stereocenters. The van der Waals surface area contributed by atoms with Gasteiger partial charge in [0.2, 0.25) is 0 Å². The molecule has 0 aromatic heterocycles. The van der Waals surface area contributed by atoms with Crippen LogP contribution in [0.3, 0.4) is 0 Å². The first kappa shape index (κ1) is 23.8. The molecule has 0 saturated carbocycles. The highest BCUT2D eigenvalue weighted by Crippen LogP contribution is 2.33. The smallest absolute Gasteiger partial charge is 0.171 e. The lowest BCUT2D eigenvalue weighted by Gasteiger charge is -2.16. The van der Waals surface area contributed by atoms with Crippen molar-refractivity contribution in [2.45, 2.75) is 66.2 Å². The lowest BCUT2D eigenvalue weighted by molar-refractivity contribution is 0.0977. The number of hydrogen-bond acceptors (Lipinski definition) is 4. The monoisotopic (exact) mass is 412 g/mol. The van der Waals surface area contributed by atoms with Gasteiger partial charge in [0.15, 0.2) is 17.3 Å². The van der Waals surface area contributed by atoms with Crippen molar-refractivity contribution in [3.8, 4) is 17.2 Å². The largest absolute Gasteiger partial charge is 0.493 e. The first-order chi connectivity index (χ1) is 14.6. The summed E-state index contributed by atoms with van der Waals surface area (Å²) in [6, 6.07) is 11.9. The van der Waals surface area contributed by atoms with Crippen molar-refractivity contribution in [2.24, 2.45) is 0 Å². The zero-order valence-corrected chi connectivity index (χ0v) is 19.0. The highest BCUT2D eigenvalue weighted by molar-refractivity contribution is 5.99. The van der Waals surface area contributed by atoms with Gasteiger partial charge in [0.25, 0.3) is 0 Å². The van der Waals surface area contributed by atoms with E-state index in [4.69, 9.17) is 14.2 Å². The van der Waals surface area contributed by atoms with E-state index in [1.165, 1.54) is 5.56 Å². The van der Waals surface area contributed by atoms with E-state index in [-0.39, 0.29) is 5.78 Å². The molecule has 0 spiro atoms. The molecule has 4 heteroatoms. The Bertz CT molecular complexity index is 798. The van der Waals surface area contributed by atoms with Gasteiger partial charge in [-0.3, -0.25) is 4.79 Å². The Morgan fingerprint density at radius 1 is 0.800 bits per heavy atom. The first-order valence-corrected chi connectivity index (χ1v) is 11.3. The minimum Gasteiger partial charge on any atom is -0.493 e. The van der Waals surface area contributed by atoms with E-state index >= 15 is 0 Å². The van der Waals surface area contributed by atoms with Crippen LogP contribution < -0.4 is 14.2 Å². The van der Waals surface area contributed by atoms with E-state index in [2.05, 4.69) is 39.8 Å². The summed E-state index contributed by atoms with van der Waals surface area (Å²) in [5.74, 6) is 2.16. The van der Waals surface area contributed by atoms with Gasteiger partial charge in [-0.15, -0.1) is 0 Å². The average molecular weight is 413 g/mol. The summed E-state index contributed by atoms with van der Waals surface area (Å²) in [5, 5.41) is 0. The summed E-state index contributed by atoms with van der Waals surface area (Å²) in [4.78, 5) is 13.1. The number of aryl methyl sites for hydroxylation is 2. The molecule has 2 aromatic rings. The lowest BCUT2D eigenvalue weighted by Crippen LogP contribution is -2.09. The van der Waals surface area contributed by atoms with Crippen molar-refractivity contribution in [2.75, 3.05) is 19.8 Å². The van der Waals surface area contributed by atoms with Gasteiger partial charge in [-0.2, -0.15) is 0 Å². The Morgan fingerprint density at radius 3 is 2.13 bits per heavy atom. The SMILES string of the molecule is CCCOc1ccc(CC)cc1CCC(=O)c1cccc(OCCC)c1OCCC. The fraction of sp³-hybridized carbons (Fsp3) is 0.500. The standard InChI is InChI=1S/C26H36O4/c1-5-16-28-24-15-12-20(8-4)19-21(24)13-14-23(27)22-10-9-11-25(29-17-6-2)26(22)30-18-7-3/h9-12,15,19H,5-8,13-14,16-18H2,1-4H3. The van der Waals surface area contributed by atoms with Crippen LogP contribution in [0.2, 0.25) is 0 Å². The zero-order valence-electron chi connectivity index (χ0n) is 19.0. The molecule has 0 aliphatic rings. The van der Waals surface area contributed by atoms with Gasteiger partial charge < -0.3 is 14.2 Å². The van der Waals surface area contributed by atoms with E-state index < -0.39 is 0 Å². The molecule has 164 valence electrons. The van der Waals surface area contributed by atoms with E-state index in [0.717, 1.165) is 37.0 Å². The molecule has 0 N–H and O–H groups in total. The van der Waals surface area contributed by atoms with Gasteiger partial charge >= 0.3 is 0 Å². The Hall–Kier alpha value is -2.49. The maximum atomic E-state index is 13.1. The summed E-state index contributed by atoms with van der Waals surface area (Å²) in [7, 11) is 0. The Balaban J connectivity index is 2.21. The highest BCUT2D eigenvalue weighted by atomic mass is 16.5. The van der Waals surface area contributed by atoms with Crippen molar-refractivity contribution < 1.29 is 19.0 Å². The number of hydrogen-bond donors (Lipinski definition) is 0. The number of ketones is 1. The first-order valence-electron chi connectivity index (χ1n) is 11.3. The second-order valence-electron chi connectivity index (χ2n) is 7.40. The van der Waals surface area contributed by atoms with E-state index in [1.807, 2.05) is 24.3 Å².